The van der Waals surface area contributed by atoms with Crippen molar-refractivity contribution in [2.45, 2.75) is 32.2 Å². The van der Waals surface area contributed by atoms with E-state index in [2.05, 4.69) is 5.32 Å². The van der Waals surface area contributed by atoms with E-state index >= 15 is 0 Å². The Kier molecular flexibility index (Phi) is 6.72. The lowest BCUT2D eigenvalue weighted by atomic mass is 10.1. The van der Waals surface area contributed by atoms with E-state index in [1.807, 2.05) is 57.2 Å². The lowest BCUT2D eigenvalue weighted by molar-refractivity contribution is -0.895. The molecule has 0 radical (unpaired) electrons. The molecule has 0 spiro atoms. The van der Waals surface area contributed by atoms with E-state index in [9.17, 15) is 13.2 Å². The van der Waals surface area contributed by atoms with Gasteiger partial charge in [0.1, 0.15) is 0 Å². The maximum atomic E-state index is 13.0. The lowest BCUT2D eigenvalue weighted by Gasteiger charge is -2.31. The van der Waals surface area contributed by atoms with Crippen LogP contribution in [0.25, 0.3) is 0 Å². The quantitative estimate of drug-likeness (QED) is 0.732. The molecule has 0 aromatic heterocycles. The third-order valence-corrected chi connectivity index (χ3v) is 7.58. The van der Waals surface area contributed by atoms with Gasteiger partial charge < -0.3 is 10.2 Å². The van der Waals surface area contributed by atoms with Gasteiger partial charge in [0.2, 0.25) is 10.0 Å². The van der Waals surface area contributed by atoms with Gasteiger partial charge in [-0.25, -0.2) is 8.42 Å². The largest absolute Gasteiger partial charge is 0.347 e. The number of rotatable bonds is 6. The van der Waals surface area contributed by atoms with E-state index < -0.39 is 10.0 Å². The van der Waals surface area contributed by atoms with Crippen LogP contribution in [0.3, 0.4) is 0 Å². The highest BCUT2D eigenvalue weighted by Gasteiger charge is 2.31. The minimum Gasteiger partial charge on any atom is -0.347 e. The summed E-state index contributed by atoms with van der Waals surface area (Å²) in [6, 6.07) is 13.4. The van der Waals surface area contributed by atoms with E-state index in [0.29, 0.717) is 44.2 Å². The molecule has 29 heavy (non-hydrogen) atoms. The van der Waals surface area contributed by atoms with E-state index in [1.54, 1.807) is 10.4 Å². The zero-order valence-corrected chi connectivity index (χ0v) is 18.2. The second-order valence-corrected chi connectivity index (χ2v) is 9.71. The average Bonchev–Trinajstić information content (AvgIpc) is 2.67. The van der Waals surface area contributed by atoms with Crippen molar-refractivity contribution in [3.63, 3.8) is 0 Å². The van der Waals surface area contributed by atoms with Crippen LogP contribution in [-0.2, 0) is 21.4 Å². The number of carbonyl (C=O) groups excluding carboxylic acids is 1. The molecule has 0 aliphatic carbocycles. The molecule has 1 heterocycles. The predicted octanol–water partition coefficient (Wildman–Crippen LogP) is 0.817. The molecule has 1 aliphatic heterocycles. The van der Waals surface area contributed by atoms with E-state index in [4.69, 9.17) is 0 Å². The average molecular weight is 417 g/mol. The maximum absolute atomic E-state index is 13.0. The van der Waals surface area contributed by atoms with Crippen LogP contribution < -0.4 is 10.2 Å². The molecule has 0 unspecified atom stereocenters. The molecule has 1 saturated heterocycles. The van der Waals surface area contributed by atoms with Gasteiger partial charge in [0.05, 0.1) is 31.1 Å². The Morgan fingerprint density at radius 3 is 2.38 bits per heavy atom. The summed E-state index contributed by atoms with van der Waals surface area (Å²) in [5.41, 5.74) is 4.09. The van der Waals surface area contributed by atoms with Crippen LogP contribution in [0.2, 0.25) is 0 Å². The number of nitrogens with zero attached hydrogens (tertiary/aromatic N) is 1. The molecule has 0 bridgehead atoms. The van der Waals surface area contributed by atoms with Crippen molar-refractivity contribution in [2.24, 2.45) is 0 Å². The van der Waals surface area contributed by atoms with Crippen molar-refractivity contribution in [3.8, 4) is 0 Å². The van der Waals surface area contributed by atoms with Gasteiger partial charge in [0.15, 0.2) is 6.54 Å². The molecule has 156 valence electrons. The molecule has 0 saturated carbocycles. The van der Waals surface area contributed by atoms with Gasteiger partial charge in [-0.2, -0.15) is 4.31 Å². The molecule has 1 amide bonds. The number of carbonyl (C=O) groups is 1. The SMILES string of the molecule is Cc1ccc(S(=O)(=O)N2CC[NH+](CC(=O)NCc3ccccc3C)CC2)c(C)c1. The Balaban J connectivity index is 1.52. The van der Waals surface area contributed by atoms with Crippen molar-refractivity contribution >= 4 is 15.9 Å². The standard InChI is InChI=1S/C22H29N3O3S/c1-17-8-9-21(19(3)14-17)29(27,28)25-12-10-24(11-13-25)16-22(26)23-15-20-7-5-4-6-18(20)2/h4-9,14H,10-13,15-16H2,1-3H3,(H,23,26)/p+1. The molecule has 2 aromatic carbocycles. The van der Waals surface area contributed by atoms with Crippen LogP contribution in [-0.4, -0.2) is 51.4 Å². The Bertz CT molecular complexity index is 981. The Labute approximate surface area is 173 Å². The molecule has 6 nitrogen and oxygen atoms in total. The second-order valence-electron chi connectivity index (χ2n) is 7.80. The van der Waals surface area contributed by atoms with Crippen molar-refractivity contribution in [1.82, 2.24) is 9.62 Å². The number of benzene rings is 2. The number of piperazine rings is 1. The van der Waals surface area contributed by atoms with Gasteiger partial charge in [-0.15, -0.1) is 0 Å². The normalized spacial score (nSPS) is 16.0. The molecule has 2 N–H and O–H groups in total. The van der Waals surface area contributed by atoms with E-state index in [1.165, 1.54) is 0 Å². The van der Waals surface area contributed by atoms with Crippen LogP contribution in [0, 0.1) is 20.8 Å². The van der Waals surface area contributed by atoms with Crippen LogP contribution in [0.1, 0.15) is 22.3 Å². The fourth-order valence-corrected chi connectivity index (χ4v) is 5.39. The summed E-state index contributed by atoms with van der Waals surface area (Å²) in [6.45, 7) is 8.81. The number of hydrogen-bond acceptors (Lipinski definition) is 3. The van der Waals surface area contributed by atoms with E-state index in [0.717, 1.165) is 27.2 Å². The van der Waals surface area contributed by atoms with Crippen molar-refractivity contribution in [2.75, 3.05) is 32.7 Å². The van der Waals surface area contributed by atoms with Crippen LogP contribution in [0.4, 0.5) is 0 Å². The summed E-state index contributed by atoms with van der Waals surface area (Å²) in [4.78, 5) is 13.8. The van der Waals surface area contributed by atoms with Gasteiger partial charge in [-0.3, -0.25) is 4.79 Å². The number of nitrogens with one attached hydrogen (secondary N) is 2. The zero-order chi connectivity index (χ0) is 21.0. The Hall–Kier alpha value is -2.22. The summed E-state index contributed by atoms with van der Waals surface area (Å²) >= 11 is 0. The first-order chi connectivity index (χ1) is 13.8. The number of aryl methyl sites for hydroxylation is 3. The number of sulfonamides is 1. The minimum atomic E-state index is -3.49. The van der Waals surface area contributed by atoms with E-state index in [-0.39, 0.29) is 5.91 Å². The predicted molar refractivity (Wildman–Crippen MR) is 113 cm³/mol. The highest BCUT2D eigenvalue weighted by molar-refractivity contribution is 7.89. The zero-order valence-electron chi connectivity index (χ0n) is 17.4. The van der Waals surface area contributed by atoms with Crippen molar-refractivity contribution in [1.29, 1.82) is 0 Å². The molecule has 0 atom stereocenters. The summed E-state index contributed by atoms with van der Waals surface area (Å²) in [5, 5.41) is 2.98. The lowest BCUT2D eigenvalue weighted by Crippen LogP contribution is -3.15. The third-order valence-electron chi connectivity index (χ3n) is 5.53. The fraction of sp³-hybridized carbons (Fsp3) is 0.409. The molecule has 3 rings (SSSR count). The number of amides is 1. The smallest absolute Gasteiger partial charge is 0.275 e. The maximum Gasteiger partial charge on any atom is 0.275 e. The fourth-order valence-electron chi connectivity index (χ4n) is 3.74. The molecule has 7 heteroatoms. The monoisotopic (exact) mass is 416 g/mol. The van der Waals surface area contributed by atoms with Crippen molar-refractivity contribution < 1.29 is 18.1 Å². The highest BCUT2D eigenvalue weighted by Crippen LogP contribution is 2.20. The second kappa shape index (κ2) is 9.07. The highest BCUT2D eigenvalue weighted by atomic mass is 32.2. The van der Waals surface area contributed by atoms with Crippen LogP contribution >= 0.6 is 0 Å². The van der Waals surface area contributed by atoms with Crippen molar-refractivity contribution in [3.05, 3.63) is 64.7 Å². The van der Waals surface area contributed by atoms with Crippen LogP contribution in [0.5, 0.6) is 0 Å². The molecule has 1 aliphatic rings. The molecule has 2 aromatic rings. The summed E-state index contributed by atoms with van der Waals surface area (Å²) < 4.78 is 27.5. The first-order valence-corrected chi connectivity index (χ1v) is 11.4. The van der Waals surface area contributed by atoms with Gasteiger partial charge in [-0.05, 0) is 43.5 Å². The molecular weight excluding hydrogens is 386 g/mol. The minimum absolute atomic E-state index is 0.00561. The third kappa shape index (κ3) is 5.23. The number of quaternary nitrogens is 1. The Morgan fingerprint density at radius 2 is 1.72 bits per heavy atom. The van der Waals surface area contributed by atoms with Gasteiger partial charge in [0, 0.05) is 6.54 Å². The first-order valence-electron chi connectivity index (χ1n) is 9.99. The number of hydrogen-bond donors (Lipinski definition) is 2. The summed E-state index contributed by atoms with van der Waals surface area (Å²) in [7, 11) is -3.49. The Morgan fingerprint density at radius 1 is 1.03 bits per heavy atom. The molecular formula is C22H30N3O3S+. The first kappa shape index (κ1) is 21.5. The summed E-state index contributed by atoms with van der Waals surface area (Å²) in [5.74, 6) is -0.00561. The summed E-state index contributed by atoms with van der Waals surface area (Å²) in [6.07, 6.45) is 0. The van der Waals surface area contributed by atoms with Gasteiger partial charge >= 0.3 is 0 Å². The van der Waals surface area contributed by atoms with Crippen LogP contribution in [0.15, 0.2) is 47.4 Å². The van der Waals surface area contributed by atoms with Gasteiger partial charge in [-0.1, -0.05) is 42.0 Å². The van der Waals surface area contributed by atoms with Gasteiger partial charge in [0.25, 0.3) is 5.91 Å². The topological polar surface area (TPSA) is 70.9 Å². The molecule has 1 fully saturated rings.